The molecule has 1 spiro atoms. The van der Waals surface area contributed by atoms with E-state index in [0.717, 1.165) is 32.5 Å². The van der Waals surface area contributed by atoms with Crippen LogP contribution in [0.1, 0.15) is 26.7 Å². The summed E-state index contributed by atoms with van der Waals surface area (Å²) in [6, 6.07) is 0. The molecule has 1 heterocycles. The van der Waals surface area contributed by atoms with Gasteiger partial charge in [-0.05, 0) is 12.8 Å². The summed E-state index contributed by atoms with van der Waals surface area (Å²) in [6.07, 6.45) is 2.27. The Morgan fingerprint density at radius 2 is 2.15 bits per heavy atom. The summed E-state index contributed by atoms with van der Waals surface area (Å²) in [4.78, 5) is 13.6. The predicted octanol–water partition coefficient (Wildman–Crippen LogP) is 1.03. The van der Waals surface area contributed by atoms with Gasteiger partial charge in [-0.2, -0.15) is 0 Å². The van der Waals surface area contributed by atoms with Crippen molar-refractivity contribution in [3.63, 3.8) is 0 Å². The van der Waals surface area contributed by atoms with Crippen molar-refractivity contribution in [3.8, 4) is 0 Å². The summed E-state index contributed by atoms with van der Waals surface area (Å²) in [5.74, 6) is 0.392. The fraction of sp³-hybridized carbons (Fsp3) is 0.900. The lowest BCUT2D eigenvalue weighted by atomic mass is 10.1. The summed E-state index contributed by atoms with van der Waals surface area (Å²) in [7, 11) is 0. The van der Waals surface area contributed by atoms with Gasteiger partial charge < -0.3 is 9.64 Å². The zero-order valence-corrected chi connectivity index (χ0v) is 8.38. The molecule has 1 saturated carbocycles. The number of morpholine rings is 1. The first-order valence-electron chi connectivity index (χ1n) is 5.06. The molecule has 0 radical (unpaired) electrons. The maximum absolute atomic E-state index is 11.7. The van der Waals surface area contributed by atoms with Crippen molar-refractivity contribution < 1.29 is 9.53 Å². The van der Waals surface area contributed by atoms with Crippen LogP contribution >= 0.6 is 0 Å². The lowest BCUT2D eigenvalue weighted by Crippen LogP contribution is -2.48. The van der Waals surface area contributed by atoms with Crippen molar-refractivity contribution in [1.29, 1.82) is 0 Å². The van der Waals surface area contributed by atoms with Gasteiger partial charge in [0, 0.05) is 19.0 Å². The molecule has 1 aliphatic heterocycles. The predicted molar refractivity (Wildman–Crippen MR) is 49.3 cm³/mol. The molecule has 1 aliphatic carbocycles. The van der Waals surface area contributed by atoms with Gasteiger partial charge in [-0.3, -0.25) is 4.79 Å². The molecule has 0 bridgehead atoms. The summed E-state index contributed by atoms with van der Waals surface area (Å²) in [6.45, 7) is 6.23. The van der Waals surface area contributed by atoms with Crippen molar-refractivity contribution in [2.45, 2.75) is 32.3 Å². The van der Waals surface area contributed by atoms with Crippen LogP contribution in [-0.4, -0.2) is 36.1 Å². The molecule has 0 N–H and O–H groups in total. The highest BCUT2D eigenvalue weighted by Crippen LogP contribution is 2.42. The van der Waals surface area contributed by atoms with E-state index in [0.29, 0.717) is 0 Å². The van der Waals surface area contributed by atoms with Crippen LogP contribution in [0, 0.1) is 5.92 Å². The molecule has 0 atom stereocenters. The number of ether oxygens (including phenoxy) is 1. The molecule has 0 aromatic heterocycles. The van der Waals surface area contributed by atoms with Crippen molar-refractivity contribution in [3.05, 3.63) is 0 Å². The number of carbonyl (C=O) groups is 1. The maximum atomic E-state index is 11.7. The highest BCUT2D eigenvalue weighted by Gasteiger charge is 2.48. The SMILES string of the molecule is CC(C)C(=O)N1CCOC2(CC2)C1. The molecule has 0 aromatic carbocycles. The third-order valence-corrected chi connectivity index (χ3v) is 2.86. The molecule has 13 heavy (non-hydrogen) atoms. The molecule has 0 aromatic rings. The number of hydrogen-bond donors (Lipinski definition) is 0. The Hall–Kier alpha value is -0.570. The lowest BCUT2D eigenvalue weighted by molar-refractivity contribution is -0.143. The molecule has 1 amide bonds. The van der Waals surface area contributed by atoms with E-state index in [1.54, 1.807) is 0 Å². The normalized spacial score (nSPS) is 25.3. The fourth-order valence-electron chi connectivity index (χ4n) is 1.84. The van der Waals surface area contributed by atoms with Gasteiger partial charge in [-0.25, -0.2) is 0 Å². The number of rotatable bonds is 1. The molecule has 2 aliphatic rings. The molecular formula is C10H17NO2. The second-order valence-corrected chi connectivity index (χ2v) is 4.45. The van der Waals surface area contributed by atoms with Gasteiger partial charge in [0.15, 0.2) is 0 Å². The van der Waals surface area contributed by atoms with Crippen molar-refractivity contribution >= 4 is 5.91 Å². The van der Waals surface area contributed by atoms with Crippen molar-refractivity contribution in [2.75, 3.05) is 19.7 Å². The second-order valence-electron chi connectivity index (χ2n) is 4.45. The molecule has 0 unspecified atom stereocenters. The molecular weight excluding hydrogens is 166 g/mol. The van der Waals surface area contributed by atoms with Gasteiger partial charge in [0.1, 0.15) is 0 Å². The van der Waals surface area contributed by atoms with Crippen LogP contribution in [0.5, 0.6) is 0 Å². The quantitative estimate of drug-likeness (QED) is 0.607. The number of nitrogens with zero attached hydrogens (tertiary/aromatic N) is 1. The third kappa shape index (κ3) is 1.70. The highest BCUT2D eigenvalue weighted by molar-refractivity contribution is 5.78. The number of hydrogen-bond acceptors (Lipinski definition) is 2. The molecule has 2 rings (SSSR count). The average Bonchev–Trinajstić information content (AvgIpc) is 2.83. The Labute approximate surface area is 79.0 Å². The topological polar surface area (TPSA) is 29.5 Å². The number of carbonyl (C=O) groups excluding carboxylic acids is 1. The van der Waals surface area contributed by atoms with Crippen molar-refractivity contribution in [1.82, 2.24) is 4.90 Å². The average molecular weight is 183 g/mol. The van der Waals surface area contributed by atoms with E-state index in [-0.39, 0.29) is 17.4 Å². The Kier molecular flexibility index (Phi) is 2.06. The maximum Gasteiger partial charge on any atom is 0.225 e. The summed E-state index contributed by atoms with van der Waals surface area (Å²) >= 11 is 0. The number of amides is 1. The summed E-state index contributed by atoms with van der Waals surface area (Å²) in [5, 5.41) is 0. The van der Waals surface area contributed by atoms with Crippen LogP contribution in [0.25, 0.3) is 0 Å². The smallest absolute Gasteiger partial charge is 0.225 e. The first-order chi connectivity index (χ1) is 6.13. The first kappa shape index (κ1) is 9.00. The molecule has 74 valence electrons. The van der Waals surface area contributed by atoms with Crippen LogP contribution in [0.2, 0.25) is 0 Å². The zero-order chi connectivity index (χ0) is 9.47. The van der Waals surface area contributed by atoms with E-state index in [2.05, 4.69) is 0 Å². The minimum atomic E-state index is 0.0722. The van der Waals surface area contributed by atoms with Crippen LogP contribution in [0.15, 0.2) is 0 Å². The monoisotopic (exact) mass is 183 g/mol. The van der Waals surface area contributed by atoms with Gasteiger partial charge in [0.25, 0.3) is 0 Å². The van der Waals surface area contributed by atoms with Gasteiger partial charge in [0.05, 0.1) is 12.2 Å². The molecule has 3 heteroatoms. The molecule has 2 fully saturated rings. The summed E-state index contributed by atoms with van der Waals surface area (Å²) in [5.41, 5.74) is 0.0722. The summed E-state index contributed by atoms with van der Waals surface area (Å²) < 4.78 is 5.64. The minimum absolute atomic E-state index is 0.0722. The van der Waals surface area contributed by atoms with E-state index >= 15 is 0 Å². The standard InChI is InChI=1S/C10H17NO2/c1-8(2)9(12)11-5-6-13-10(7-11)3-4-10/h8H,3-7H2,1-2H3. The second kappa shape index (κ2) is 2.98. The highest BCUT2D eigenvalue weighted by atomic mass is 16.5. The molecule has 1 saturated heterocycles. The molecule has 3 nitrogen and oxygen atoms in total. The van der Waals surface area contributed by atoms with Crippen LogP contribution in [-0.2, 0) is 9.53 Å². The van der Waals surface area contributed by atoms with Crippen molar-refractivity contribution in [2.24, 2.45) is 5.92 Å². The van der Waals surface area contributed by atoms with Crippen LogP contribution in [0.4, 0.5) is 0 Å². The fourth-order valence-corrected chi connectivity index (χ4v) is 1.84. The van der Waals surface area contributed by atoms with E-state index in [9.17, 15) is 4.79 Å². The van der Waals surface area contributed by atoms with Gasteiger partial charge >= 0.3 is 0 Å². The van der Waals surface area contributed by atoms with Crippen LogP contribution in [0.3, 0.4) is 0 Å². The van der Waals surface area contributed by atoms with E-state index < -0.39 is 0 Å². The zero-order valence-electron chi connectivity index (χ0n) is 8.38. The Morgan fingerprint density at radius 3 is 2.69 bits per heavy atom. The largest absolute Gasteiger partial charge is 0.371 e. The Balaban J connectivity index is 1.96. The Morgan fingerprint density at radius 1 is 1.46 bits per heavy atom. The van der Waals surface area contributed by atoms with E-state index in [1.165, 1.54) is 0 Å². The first-order valence-corrected chi connectivity index (χ1v) is 5.06. The van der Waals surface area contributed by atoms with Gasteiger partial charge in [-0.1, -0.05) is 13.8 Å². The van der Waals surface area contributed by atoms with E-state index in [4.69, 9.17) is 4.74 Å². The lowest BCUT2D eigenvalue weighted by Gasteiger charge is -2.34. The van der Waals surface area contributed by atoms with Gasteiger partial charge in [-0.15, -0.1) is 0 Å². The Bertz CT molecular complexity index is 221. The van der Waals surface area contributed by atoms with Gasteiger partial charge in [0.2, 0.25) is 5.91 Å². The third-order valence-electron chi connectivity index (χ3n) is 2.86. The minimum Gasteiger partial charge on any atom is -0.371 e. The van der Waals surface area contributed by atoms with Crippen LogP contribution < -0.4 is 0 Å². The van der Waals surface area contributed by atoms with E-state index in [1.807, 2.05) is 18.7 Å².